The van der Waals surface area contributed by atoms with Gasteiger partial charge >= 0.3 is 6.18 Å². The van der Waals surface area contributed by atoms with E-state index in [0.29, 0.717) is 24.2 Å². The molecular formula is C14H15BrF3NO2. The van der Waals surface area contributed by atoms with Crippen LogP contribution < -0.4 is 0 Å². The van der Waals surface area contributed by atoms with Crippen molar-refractivity contribution in [1.29, 1.82) is 0 Å². The van der Waals surface area contributed by atoms with Crippen LogP contribution in [-0.2, 0) is 10.9 Å². The molecule has 1 aromatic rings. The lowest BCUT2D eigenvalue weighted by Gasteiger charge is -2.42. The number of ether oxygens (including phenoxy) is 1. The highest BCUT2D eigenvalue weighted by atomic mass is 79.9. The summed E-state index contributed by atoms with van der Waals surface area (Å²) in [7, 11) is 0. The van der Waals surface area contributed by atoms with Crippen LogP contribution in [0.3, 0.4) is 0 Å². The Labute approximate surface area is 129 Å². The van der Waals surface area contributed by atoms with Gasteiger partial charge in [0.25, 0.3) is 5.91 Å². The van der Waals surface area contributed by atoms with Crippen LogP contribution in [0.2, 0.25) is 0 Å². The summed E-state index contributed by atoms with van der Waals surface area (Å²) in [6.45, 7) is 4.74. The van der Waals surface area contributed by atoms with Crippen LogP contribution in [-0.4, -0.2) is 36.1 Å². The van der Waals surface area contributed by atoms with Crippen molar-refractivity contribution in [2.45, 2.75) is 25.6 Å². The molecule has 0 aliphatic carbocycles. The molecule has 0 saturated carbocycles. The van der Waals surface area contributed by atoms with Gasteiger partial charge in [0.05, 0.1) is 29.9 Å². The minimum atomic E-state index is -4.48. The van der Waals surface area contributed by atoms with Crippen LogP contribution in [0.15, 0.2) is 22.7 Å². The predicted octanol–water partition coefficient (Wildman–Crippen LogP) is 3.72. The molecule has 3 nitrogen and oxygen atoms in total. The summed E-state index contributed by atoms with van der Waals surface area (Å²) in [5.74, 6) is -0.429. The van der Waals surface area contributed by atoms with E-state index in [-0.39, 0.29) is 5.56 Å². The molecular weight excluding hydrogens is 351 g/mol. The number of benzene rings is 1. The maximum atomic E-state index is 12.8. The molecule has 1 aliphatic heterocycles. The van der Waals surface area contributed by atoms with Gasteiger partial charge in [0, 0.05) is 11.0 Å². The molecule has 0 bridgehead atoms. The molecule has 1 heterocycles. The summed E-state index contributed by atoms with van der Waals surface area (Å²) in [4.78, 5) is 14.1. The Morgan fingerprint density at radius 3 is 2.62 bits per heavy atom. The first-order valence-corrected chi connectivity index (χ1v) is 7.19. The van der Waals surface area contributed by atoms with Crippen LogP contribution in [0, 0.1) is 0 Å². The Kier molecular flexibility index (Phi) is 4.35. The summed E-state index contributed by atoms with van der Waals surface area (Å²) in [5, 5.41) is 0. The zero-order valence-corrected chi connectivity index (χ0v) is 13.2. The first-order chi connectivity index (χ1) is 9.63. The van der Waals surface area contributed by atoms with Crippen molar-refractivity contribution in [3.63, 3.8) is 0 Å². The SMILES string of the molecule is CC1(C)COCCN1C(=O)c1cc(C(F)(F)F)ccc1Br. The Morgan fingerprint density at radius 2 is 2.05 bits per heavy atom. The fourth-order valence-corrected chi connectivity index (χ4v) is 2.66. The highest BCUT2D eigenvalue weighted by Gasteiger charge is 2.37. The normalized spacial score (nSPS) is 18.7. The lowest BCUT2D eigenvalue weighted by Crippen LogP contribution is -2.55. The van der Waals surface area contributed by atoms with E-state index >= 15 is 0 Å². The van der Waals surface area contributed by atoms with Crippen molar-refractivity contribution < 1.29 is 22.7 Å². The first-order valence-electron chi connectivity index (χ1n) is 6.39. The number of halogens is 4. The number of carbonyl (C=O) groups is 1. The van der Waals surface area contributed by atoms with E-state index < -0.39 is 23.2 Å². The average Bonchev–Trinajstić information content (AvgIpc) is 2.36. The number of alkyl halides is 3. The van der Waals surface area contributed by atoms with E-state index in [0.717, 1.165) is 12.1 Å². The highest BCUT2D eigenvalue weighted by molar-refractivity contribution is 9.10. The molecule has 0 aromatic heterocycles. The fraction of sp³-hybridized carbons (Fsp3) is 0.500. The van der Waals surface area contributed by atoms with Crippen molar-refractivity contribution in [3.8, 4) is 0 Å². The summed E-state index contributed by atoms with van der Waals surface area (Å²) < 4.78 is 44.1. The standard InChI is InChI=1S/C14H15BrF3NO2/c1-13(2)8-21-6-5-19(13)12(20)10-7-9(14(16,17)18)3-4-11(10)15/h3-4,7H,5-6,8H2,1-2H3. The lowest BCUT2D eigenvalue weighted by molar-refractivity contribution is -0.137. The molecule has 0 radical (unpaired) electrons. The number of carbonyl (C=O) groups excluding carboxylic acids is 1. The van der Waals surface area contributed by atoms with Gasteiger partial charge in [0.1, 0.15) is 0 Å². The third kappa shape index (κ3) is 3.40. The second-order valence-electron chi connectivity index (χ2n) is 5.51. The van der Waals surface area contributed by atoms with E-state index in [1.54, 1.807) is 4.90 Å². The van der Waals surface area contributed by atoms with Gasteiger partial charge in [-0.1, -0.05) is 0 Å². The Balaban J connectivity index is 2.39. The van der Waals surface area contributed by atoms with Gasteiger partial charge in [0.15, 0.2) is 0 Å². The van der Waals surface area contributed by atoms with E-state index in [1.165, 1.54) is 6.07 Å². The smallest absolute Gasteiger partial charge is 0.377 e. The van der Waals surface area contributed by atoms with E-state index in [9.17, 15) is 18.0 Å². The zero-order chi connectivity index (χ0) is 15.8. The summed E-state index contributed by atoms with van der Waals surface area (Å²) >= 11 is 3.16. The average molecular weight is 366 g/mol. The third-order valence-electron chi connectivity index (χ3n) is 3.41. The highest BCUT2D eigenvalue weighted by Crippen LogP contribution is 2.33. The number of hydrogen-bond acceptors (Lipinski definition) is 2. The first kappa shape index (κ1) is 16.3. The molecule has 7 heteroatoms. The Hall–Kier alpha value is -1.08. The van der Waals surface area contributed by atoms with Crippen molar-refractivity contribution >= 4 is 21.8 Å². The molecule has 0 N–H and O–H groups in total. The number of morpholine rings is 1. The molecule has 2 rings (SSSR count). The maximum Gasteiger partial charge on any atom is 0.416 e. The molecule has 1 saturated heterocycles. The number of amides is 1. The fourth-order valence-electron chi connectivity index (χ4n) is 2.25. The number of rotatable bonds is 1. The molecule has 0 unspecified atom stereocenters. The second-order valence-corrected chi connectivity index (χ2v) is 6.37. The Bertz CT molecular complexity index is 558. The quantitative estimate of drug-likeness (QED) is 0.758. The van der Waals surface area contributed by atoms with Crippen LogP contribution in [0.25, 0.3) is 0 Å². The molecule has 116 valence electrons. The Morgan fingerprint density at radius 1 is 1.38 bits per heavy atom. The van der Waals surface area contributed by atoms with Crippen LogP contribution >= 0.6 is 15.9 Å². The van der Waals surface area contributed by atoms with Gasteiger partial charge in [-0.2, -0.15) is 13.2 Å². The zero-order valence-electron chi connectivity index (χ0n) is 11.6. The van der Waals surface area contributed by atoms with Crippen molar-refractivity contribution in [2.24, 2.45) is 0 Å². The molecule has 21 heavy (non-hydrogen) atoms. The minimum absolute atomic E-state index is 0.0137. The summed E-state index contributed by atoms with van der Waals surface area (Å²) in [5.41, 5.74) is -1.37. The largest absolute Gasteiger partial charge is 0.416 e. The second kappa shape index (κ2) is 5.61. The van der Waals surface area contributed by atoms with Crippen molar-refractivity contribution in [2.75, 3.05) is 19.8 Å². The van der Waals surface area contributed by atoms with Gasteiger partial charge in [-0.3, -0.25) is 4.79 Å². The minimum Gasteiger partial charge on any atom is -0.377 e. The molecule has 1 amide bonds. The van der Waals surface area contributed by atoms with Crippen molar-refractivity contribution in [1.82, 2.24) is 4.90 Å². The van der Waals surface area contributed by atoms with E-state index in [2.05, 4.69) is 15.9 Å². The summed E-state index contributed by atoms with van der Waals surface area (Å²) in [6.07, 6.45) is -4.48. The van der Waals surface area contributed by atoms with Crippen LogP contribution in [0.4, 0.5) is 13.2 Å². The molecule has 1 fully saturated rings. The molecule has 0 spiro atoms. The van der Waals surface area contributed by atoms with Crippen molar-refractivity contribution in [3.05, 3.63) is 33.8 Å². The molecule has 1 aliphatic rings. The van der Waals surface area contributed by atoms with Crippen LogP contribution in [0.1, 0.15) is 29.8 Å². The topological polar surface area (TPSA) is 29.5 Å². The predicted molar refractivity (Wildman–Crippen MR) is 75.1 cm³/mol. The monoisotopic (exact) mass is 365 g/mol. The van der Waals surface area contributed by atoms with Gasteiger partial charge < -0.3 is 9.64 Å². The summed E-state index contributed by atoms with van der Waals surface area (Å²) in [6, 6.07) is 3.09. The van der Waals surface area contributed by atoms with Gasteiger partial charge in [-0.05, 0) is 48.0 Å². The lowest BCUT2D eigenvalue weighted by atomic mass is 10.00. The van der Waals surface area contributed by atoms with Gasteiger partial charge in [-0.25, -0.2) is 0 Å². The van der Waals surface area contributed by atoms with Gasteiger partial charge in [0.2, 0.25) is 0 Å². The number of hydrogen-bond donors (Lipinski definition) is 0. The molecule has 1 aromatic carbocycles. The third-order valence-corrected chi connectivity index (χ3v) is 4.11. The number of nitrogens with zero attached hydrogens (tertiary/aromatic N) is 1. The van der Waals surface area contributed by atoms with Gasteiger partial charge in [-0.15, -0.1) is 0 Å². The van der Waals surface area contributed by atoms with Crippen LogP contribution in [0.5, 0.6) is 0 Å². The van der Waals surface area contributed by atoms with E-state index in [1.807, 2.05) is 13.8 Å². The molecule has 0 atom stereocenters. The maximum absolute atomic E-state index is 12.8. The van der Waals surface area contributed by atoms with E-state index in [4.69, 9.17) is 4.74 Å².